The summed E-state index contributed by atoms with van der Waals surface area (Å²) in [4.78, 5) is 16.2. The third kappa shape index (κ3) is 4.82. The minimum absolute atomic E-state index is 0.187. The number of amides is 1. The van der Waals surface area contributed by atoms with Crippen LogP contribution in [0.2, 0.25) is 0 Å². The number of nitrogens with two attached hydrogens (primary N) is 1. The molecule has 1 heterocycles. The molecule has 2 aromatic rings. The number of hydrogen-bond acceptors (Lipinski definition) is 5. The van der Waals surface area contributed by atoms with Crippen LogP contribution in [0.5, 0.6) is 5.75 Å². The van der Waals surface area contributed by atoms with Crippen molar-refractivity contribution < 1.29 is 9.53 Å². The lowest BCUT2D eigenvalue weighted by molar-refractivity contribution is 0.0946. The van der Waals surface area contributed by atoms with Gasteiger partial charge in [-0.3, -0.25) is 4.79 Å². The van der Waals surface area contributed by atoms with Crippen LogP contribution in [-0.4, -0.2) is 17.5 Å². The van der Waals surface area contributed by atoms with Crippen LogP contribution in [0.3, 0.4) is 0 Å². The predicted octanol–water partition coefficient (Wildman–Crippen LogP) is 2.71. The highest BCUT2D eigenvalue weighted by molar-refractivity contribution is 7.09. The van der Waals surface area contributed by atoms with E-state index in [9.17, 15) is 4.79 Å². The van der Waals surface area contributed by atoms with Crippen molar-refractivity contribution in [3.8, 4) is 5.75 Å². The summed E-state index contributed by atoms with van der Waals surface area (Å²) < 4.78 is 5.66. The molecule has 3 N–H and O–H groups in total. The molecule has 0 aliphatic carbocycles. The molecule has 0 fully saturated rings. The van der Waals surface area contributed by atoms with E-state index in [1.54, 1.807) is 5.38 Å². The molecule has 6 heteroatoms. The van der Waals surface area contributed by atoms with Crippen molar-refractivity contribution in [3.63, 3.8) is 0 Å². The molecule has 1 amide bonds. The van der Waals surface area contributed by atoms with E-state index in [0.717, 1.165) is 29.2 Å². The first kappa shape index (κ1) is 16.5. The Labute approximate surface area is 134 Å². The van der Waals surface area contributed by atoms with Crippen molar-refractivity contribution in [3.05, 3.63) is 45.9 Å². The van der Waals surface area contributed by atoms with Crippen LogP contribution in [0.15, 0.2) is 29.6 Å². The maximum atomic E-state index is 12.0. The van der Waals surface area contributed by atoms with Crippen molar-refractivity contribution in [2.45, 2.75) is 32.9 Å². The highest BCUT2D eigenvalue weighted by atomic mass is 32.1. The second-order valence-corrected chi connectivity index (χ2v) is 5.81. The summed E-state index contributed by atoms with van der Waals surface area (Å²) in [5.41, 5.74) is 6.91. The Bertz CT molecular complexity index is 613. The normalized spacial score (nSPS) is 10.5. The molecule has 22 heavy (non-hydrogen) atoms. The van der Waals surface area contributed by atoms with Gasteiger partial charge in [-0.2, -0.15) is 0 Å². The van der Waals surface area contributed by atoms with Gasteiger partial charge in [-0.05, 0) is 24.1 Å². The van der Waals surface area contributed by atoms with Crippen molar-refractivity contribution in [1.29, 1.82) is 0 Å². The number of thiazole rings is 1. The highest BCUT2D eigenvalue weighted by Crippen LogP contribution is 2.14. The molecule has 1 aromatic carbocycles. The summed E-state index contributed by atoms with van der Waals surface area (Å²) in [6, 6.07) is 7.76. The van der Waals surface area contributed by atoms with Crippen LogP contribution in [0.1, 0.15) is 40.8 Å². The molecule has 1 aromatic heterocycles. The molecule has 118 valence electrons. The fourth-order valence-corrected chi connectivity index (χ4v) is 2.52. The second-order valence-electron chi connectivity index (χ2n) is 4.86. The number of unbranched alkanes of at least 4 members (excludes halogenated alkanes) is 1. The quantitative estimate of drug-likeness (QED) is 0.733. The molecule has 0 saturated heterocycles. The van der Waals surface area contributed by atoms with Gasteiger partial charge >= 0.3 is 0 Å². The summed E-state index contributed by atoms with van der Waals surface area (Å²) in [6.07, 6.45) is 2.14. The lowest BCUT2D eigenvalue weighted by atomic mass is 10.2. The van der Waals surface area contributed by atoms with E-state index in [1.807, 2.05) is 24.3 Å². The average molecular weight is 319 g/mol. The van der Waals surface area contributed by atoms with E-state index in [-0.39, 0.29) is 5.91 Å². The van der Waals surface area contributed by atoms with Crippen molar-refractivity contribution >= 4 is 17.2 Å². The Morgan fingerprint density at radius 1 is 1.45 bits per heavy atom. The smallest absolute Gasteiger partial charge is 0.271 e. The standard InChI is InChI=1S/C16H21N3O2S/c1-2-3-7-21-13-6-4-5-12(8-13)10-18-16(20)14-11-22-15(9-17)19-14/h4-6,8,11H,2-3,7,9-10,17H2,1H3,(H,18,20). The van der Waals surface area contributed by atoms with Gasteiger partial charge in [0.1, 0.15) is 16.5 Å². The monoisotopic (exact) mass is 319 g/mol. The van der Waals surface area contributed by atoms with Crippen LogP contribution in [0.4, 0.5) is 0 Å². The van der Waals surface area contributed by atoms with Gasteiger partial charge in [0.25, 0.3) is 5.91 Å². The van der Waals surface area contributed by atoms with E-state index in [1.165, 1.54) is 11.3 Å². The van der Waals surface area contributed by atoms with Crippen LogP contribution >= 0.6 is 11.3 Å². The van der Waals surface area contributed by atoms with Crippen LogP contribution < -0.4 is 15.8 Å². The average Bonchev–Trinajstić information content (AvgIpc) is 3.02. The van der Waals surface area contributed by atoms with Gasteiger partial charge in [-0.25, -0.2) is 4.98 Å². The van der Waals surface area contributed by atoms with Gasteiger partial charge in [-0.1, -0.05) is 25.5 Å². The fraction of sp³-hybridized carbons (Fsp3) is 0.375. The van der Waals surface area contributed by atoms with Crippen LogP contribution in [0.25, 0.3) is 0 Å². The van der Waals surface area contributed by atoms with Crippen molar-refractivity contribution in [2.75, 3.05) is 6.61 Å². The topological polar surface area (TPSA) is 77.2 Å². The second kappa shape index (κ2) is 8.51. The van der Waals surface area contributed by atoms with E-state index in [4.69, 9.17) is 10.5 Å². The summed E-state index contributed by atoms with van der Waals surface area (Å²) in [5, 5.41) is 5.34. The van der Waals surface area contributed by atoms with Crippen molar-refractivity contribution in [1.82, 2.24) is 10.3 Å². The molecule has 2 rings (SSSR count). The summed E-state index contributed by atoms with van der Waals surface area (Å²) >= 11 is 1.40. The van der Waals surface area contributed by atoms with Gasteiger partial charge in [0.2, 0.25) is 0 Å². The summed E-state index contributed by atoms with van der Waals surface area (Å²) in [6.45, 7) is 3.64. The van der Waals surface area contributed by atoms with E-state index in [0.29, 0.717) is 25.4 Å². The number of carbonyl (C=O) groups excluding carboxylic acids is 1. The number of benzene rings is 1. The Kier molecular flexibility index (Phi) is 6.36. The minimum atomic E-state index is -0.187. The largest absolute Gasteiger partial charge is 0.494 e. The van der Waals surface area contributed by atoms with Gasteiger partial charge in [0.15, 0.2) is 0 Å². The molecule has 0 aliphatic heterocycles. The molecular formula is C16H21N3O2S. The van der Waals surface area contributed by atoms with Crippen LogP contribution in [-0.2, 0) is 13.1 Å². The lowest BCUT2D eigenvalue weighted by Gasteiger charge is -2.08. The number of rotatable bonds is 8. The highest BCUT2D eigenvalue weighted by Gasteiger charge is 2.09. The minimum Gasteiger partial charge on any atom is -0.494 e. The fourth-order valence-electron chi connectivity index (χ4n) is 1.86. The number of nitrogens with one attached hydrogen (secondary N) is 1. The molecule has 0 unspecified atom stereocenters. The molecule has 0 spiro atoms. The number of ether oxygens (including phenoxy) is 1. The molecule has 0 saturated carbocycles. The molecule has 0 bridgehead atoms. The Morgan fingerprint density at radius 3 is 3.05 bits per heavy atom. The van der Waals surface area contributed by atoms with Gasteiger partial charge in [-0.15, -0.1) is 11.3 Å². The zero-order valence-corrected chi connectivity index (χ0v) is 13.5. The number of nitrogens with zero attached hydrogens (tertiary/aromatic N) is 1. The molecule has 0 atom stereocenters. The van der Waals surface area contributed by atoms with E-state index >= 15 is 0 Å². The number of aromatic nitrogens is 1. The van der Waals surface area contributed by atoms with Gasteiger partial charge < -0.3 is 15.8 Å². The maximum Gasteiger partial charge on any atom is 0.271 e. The summed E-state index contributed by atoms with van der Waals surface area (Å²) in [5.74, 6) is 0.646. The molecule has 0 radical (unpaired) electrons. The van der Waals surface area contributed by atoms with Crippen molar-refractivity contribution in [2.24, 2.45) is 5.73 Å². The maximum absolute atomic E-state index is 12.0. The third-order valence-corrected chi connectivity index (χ3v) is 3.95. The first-order chi connectivity index (χ1) is 10.7. The SMILES string of the molecule is CCCCOc1cccc(CNC(=O)c2csc(CN)n2)c1. The Balaban J connectivity index is 1.88. The predicted molar refractivity (Wildman–Crippen MR) is 88.0 cm³/mol. The Hall–Kier alpha value is -1.92. The van der Waals surface area contributed by atoms with Gasteiger partial charge in [0, 0.05) is 18.5 Å². The van der Waals surface area contributed by atoms with Gasteiger partial charge in [0.05, 0.1) is 6.61 Å². The van der Waals surface area contributed by atoms with E-state index in [2.05, 4.69) is 17.2 Å². The van der Waals surface area contributed by atoms with Crippen LogP contribution in [0, 0.1) is 0 Å². The summed E-state index contributed by atoms with van der Waals surface area (Å²) in [7, 11) is 0. The zero-order chi connectivity index (χ0) is 15.8. The first-order valence-corrected chi connectivity index (χ1v) is 8.25. The molecule has 0 aliphatic rings. The zero-order valence-electron chi connectivity index (χ0n) is 12.7. The number of hydrogen-bond donors (Lipinski definition) is 2. The lowest BCUT2D eigenvalue weighted by Crippen LogP contribution is -2.23. The molecule has 5 nitrogen and oxygen atoms in total. The Morgan fingerprint density at radius 2 is 2.32 bits per heavy atom. The third-order valence-electron chi connectivity index (χ3n) is 3.08. The molecular weight excluding hydrogens is 298 g/mol. The first-order valence-electron chi connectivity index (χ1n) is 7.37. The van der Waals surface area contributed by atoms with E-state index < -0.39 is 0 Å². The number of carbonyl (C=O) groups is 1.